The van der Waals surface area contributed by atoms with Gasteiger partial charge in [-0.2, -0.15) is 5.26 Å². The van der Waals surface area contributed by atoms with E-state index < -0.39 is 0 Å². The first-order valence-electron chi connectivity index (χ1n) is 3.16. The van der Waals surface area contributed by atoms with Gasteiger partial charge < -0.3 is 0 Å². The lowest BCUT2D eigenvalue weighted by Crippen LogP contribution is -1.74. The van der Waals surface area contributed by atoms with Crippen molar-refractivity contribution in [2.45, 2.75) is 4.90 Å². The summed E-state index contributed by atoms with van der Waals surface area (Å²) in [7, 11) is 0. The molecule has 1 aromatic rings. The maximum absolute atomic E-state index is 8.42. The fraction of sp³-hybridized carbons (Fsp3) is 0. The normalized spacial score (nSPS) is 8.64. The van der Waals surface area contributed by atoms with Crippen LogP contribution in [0.1, 0.15) is 5.56 Å². The van der Waals surface area contributed by atoms with Crippen LogP contribution >= 0.6 is 11.8 Å². The van der Waals surface area contributed by atoms with Gasteiger partial charge in [-0.1, -0.05) is 30.9 Å². The first-order valence-corrected chi connectivity index (χ1v) is 3.97. The van der Waals surface area contributed by atoms with E-state index in [0.29, 0.717) is 0 Å². The van der Waals surface area contributed by atoms with Crippen molar-refractivity contribution >= 4 is 17.8 Å². The second kappa shape index (κ2) is 3.85. The quantitative estimate of drug-likeness (QED) is 0.492. The minimum atomic E-state index is 0.963. The molecule has 54 valence electrons. The maximum atomic E-state index is 8.42. The average molecular weight is 161 g/mol. The molecule has 0 aromatic heterocycles. The monoisotopic (exact) mass is 161 g/mol. The van der Waals surface area contributed by atoms with Crippen LogP contribution in [0, 0.1) is 10.7 Å². The smallest absolute Gasteiger partial charge is 0.138 e. The van der Waals surface area contributed by atoms with Gasteiger partial charge in [-0.15, -0.1) is 0 Å². The van der Waals surface area contributed by atoms with Crippen LogP contribution < -0.4 is 0 Å². The summed E-state index contributed by atoms with van der Waals surface area (Å²) < 4.78 is 0. The Morgan fingerprint density at radius 2 is 2.18 bits per heavy atom. The molecule has 0 N–H and O–H groups in total. The Morgan fingerprint density at radius 3 is 2.82 bits per heavy atom. The molecular weight excluding hydrogens is 154 g/mol. The van der Waals surface area contributed by atoms with Gasteiger partial charge in [-0.25, -0.2) is 0 Å². The third kappa shape index (κ3) is 1.86. The molecule has 1 aromatic carbocycles. The molecule has 0 aliphatic rings. The second-order valence-corrected chi connectivity index (χ2v) is 2.76. The predicted octanol–water partition coefficient (Wildman–Crippen LogP) is 2.90. The Kier molecular flexibility index (Phi) is 2.76. The molecule has 0 bridgehead atoms. The standard InChI is InChI=1S/C9H7NS/c1-2-8-5-3-4-6-9(8)11-7-10/h2-6H,1H2. The largest absolute Gasteiger partial charge is 0.185 e. The van der Waals surface area contributed by atoms with Crippen LogP contribution in [0.5, 0.6) is 0 Å². The zero-order valence-corrected chi connectivity index (χ0v) is 6.77. The summed E-state index contributed by atoms with van der Waals surface area (Å²) in [6, 6.07) is 7.68. The third-order valence-corrected chi connectivity index (χ3v) is 1.98. The molecule has 0 saturated heterocycles. The van der Waals surface area contributed by atoms with E-state index in [4.69, 9.17) is 5.26 Å². The average Bonchev–Trinajstić information content (AvgIpc) is 2.06. The highest BCUT2D eigenvalue weighted by Crippen LogP contribution is 2.21. The first kappa shape index (κ1) is 7.90. The number of nitriles is 1. The van der Waals surface area contributed by atoms with Crippen molar-refractivity contribution in [3.05, 3.63) is 36.4 Å². The molecule has 0 saturated carbocycles. The molecule has 2 heteroatoms. The van der Waals surface area contributed by atoms with Gasteiger partial charge in [0.1, 0.15) is 5.40 Å². The molecule has 0 spiro atoms. The Bertz CT molecular complexity index is 299. The van der Waals surface area contributed by atoms with Gasteiger partial charge in [0, 0.05) is 4.90 Å². The van der Waals surface area contributed by atoms with E-state index in [9.17, 15) is 0 Å². The molecule has 0 aliphatic heterocycles. The number of benzene rings is 1. The van der Waals surface area contributed by atoms with E-state index in [1.165, 1.54) is 0 Å². The Labute approximate surface area is 70.4 Å². The van der Waals surface area contributed by atoms with E-state index in [0.717, 1.165) is 22.2 Å². The summed E-state index contributed by atoms with van der Waals surface area (Å²) >= 11 is 1.16. The number of rotatable bonds is 2. The van der Waals surface area contributed by atoms with Crippen molar-refractivity contribution in [1.29, 1.82) is 5.26 Å². The van der Waals surface area contributed by atoms with E-state index in [1.807, 2.05) is 29.7 Å². The minimum absolute atomic E-state index is 0.963. The lowest BCUT2D eigenvalue weighted by atomic mass is 10.2. The van der Waals surface area contributed by atoms with Crippen molar-refractivity contribution in [2.75, 3.05) is 0 Å². The summed E-state index contributed by atoms with van der Waals surface area (Å²) in [5, 5.41) is 10.4. The fourth-order valence-corrected chi connectivity index (χ4v) is 1.31. The summed E-state index contributed by atoms with van der Waals surface area (Å²) in [4.78, 5) is 0.963. The predicted molar refractivity (Wildman–Crippen MR) is 48.0 cm³/mol. The van der Waals surface area contributed by atoms with Crippen LogP contribution in [0.2, 0.25) is 0 Å². The number of hydrogen-bond donors (Lipinski definition) is 0. The van der Waals surface area contributed by atoms with Crippen LogP contribution in [0.25, 0.3) is 6.08 Å². The van der Waals surface area contributed by atoms with E-state index >= 15 is 0 Å². The molecule has 1 rings (SSSR count). The van der Waals surface area contributed by atoms with Gasteiger partial charge in [-0.05, 0) is 23.4 Å². The molecule has 0 radical (unpaired) electrons. The zero-order chi connectivity index (χ0) is 8.10. The van der Waals surface area contributed by atoms with Gasteiger partial charge in [0.15, 0.2) is 0 Å². The van der Waals surface area contributed by atoms with Gasteiger partial charge in [0.05, 0.1) is 0 Å². The summed E-state index contributed by atoms with van der Waals surface area (Å²) in [5.74, 6) is 0. The molecule has 11 heavy (non-hydrogen) atoms. The maximum Gasteiger partial charge on any atom is 0.138 e. The minimum Gasteiger partial charge on any atom is -0.185 e. The number of nitrogens with zero attached hydrogens (tertiary/aromatic N) is 1. The topological polar surface area (TPSA) is 23.8 Å². The fourth-order valence-electron chi connectivity index (χ4n) is 0.791. The number of thiocyanates is 1. The molecule has 0 unspecified atom stereocenters. The summed E-state index contributed by atoms with van der Waals surface area (Å²) in [5.41, 5.74) is 1.01. The summed E-state index contributed by atoms with van der Waals surface area (Å²) in [6.07, 6.45) is 1.75. The number of thioether (sulfide) groups is 1. The van der Waals surface area contributed by atoms with Crippen molar-refractivity contribution in [2.24, 2.45) is 0 Å². The molecule has 1 nitrogen and oxygen atoms in total. The molecule has 0 heterocycles. The highest BCUT2D eigenvalue weighted by molar-refractivity contribution is 8.03. The highest BCUT2D eigenvalue weighted by Gasteiger charge is 1.95. The van der Waals surface area contributed by atoms with Gasteiger partial charge in [0.2, 0.25) is 0 Å². The number of hydrogen-bond acceptors (Lipinski definition) is 2. The van der Waals surface area contributed by atoms with Gasteiger partial charge >= 0.3 is 0 Å². The van der Waals surface area contributed by atoms with Crippen molar-refractivity contribution < 1.29 is 0 Å². The Hall–Kier alpha value is -1.20. The van der Waals surface area contributed by atoms with Gasteiger partial charge in [-0.3, -0.25) is 0 Å². The van der Waals surface area contributed by atoms with E-state index in [-0.39, 0.29) is 0 Å². The van der Waals surface area contributed by atoms with Crippen molar-refractivity contribution in [3.63, 3.8) is 0 Å². The van der Waals surface area contributed by atoms with Gasteiger partial charge in [0.25, 0.3) is 0 Å². The van der Waals surface area contributed by atoms with Crippen LogP contribution in [0.3, 0.4) is 0 Å². The molecule has 0 atom stereocenters. The third-order valence-electron chi connectivity index (χ3n) is 1.29. The van der Waals surface area contributed by atoms with Crippen LogP contribution in [0.15, 0.2) is 35.7 Å². The molecular formula is C9H7NS. The molecule has 0 aliphatic carbocycles. The van der Waals surface area contributed by atoms with E-state index in [2.05, 4.69) is 6.58 Å². The highest BCUT2D eigenvalue weighted by atomic mass is 32.2. The molecule has 0 amide bonds. The van der Waals surface area contributed by atoms with Crippen LogP contribution in [-0.2, 0) is 0 Å². The lowest BCUT2D eigenvalue weighted by Gasteiger charge is -1.97. The second-order valence-electron chi connectivity index (χ2n) is 1.94. The van der Waals surface area contributed by atoms with Crippen molar-refractivity contribution in [3.8, 4) is 5.40 Å². The Balaban J connectivity index is 3.04. The lowest BCUT2D eigenvalue weighted by molar-refractivity contribution is 1.43. The van der Waals surface area contributed by atoms with Crippen molar-refractivity contribution in [1.82, 2.24) is 0 Å². The first-order chi connectivity index (χ1) is 5.38. The van der Waals surface area contributed by atoms with Crippen LogP contribution in [-0.4, -0.2) is 0 Å². The SMILES string of the molecule is C=Cc1ccccc1SC#N. The molecule has 0 fully saturated rings. The zero-order valence-electron chi connectivity index (χ0n) is 5.95. The Morgan fingerprint density at radius 1 is 1.45 bits per heavy atom. The summed E-state index contributed by atoms with van der Waals surface area (Å²) in [6.45, 7) is 3.65. The van der Waals surface area contributed by atoms with E-state index in [1.54, 1.807) is 6.08 Å². The van der Waals surface area contributed by atoms with Crippen LogP contribution in [0.4, 0.5) is 0 Å².